The molecule has 0 aliphatic carbocycles. The van der Waals surface area contributed by atoms with Gasteiger partial charge in [0.25, 0.3) is 5.91 Å². The molecule has 0 aliphatic heterocycles. The number of carboxylic acids is 1. The first kappa shape index (κ1) is 17.2. The van der Waals surface area contributed by atoms with E-state index in [9.17, 15) is 9.59 Å². The maximum atomic E-state index is 12.5. The van der Waals surface area contributed by atoms with Crippen LogP contribution in [0.3, 0.4) is 0 Å². The molecule has 0 bridgehead atoms. The van der Waals surface area contributed by atoms with Crippen LogP contribution in [0.5, 0.6) is 0 Å². The predicted molar refractivity (Wildman–Crippen MR) is 89.8 cm³/mol. The lowest BCUT2D eigenvalue weighted by Gasteiger charge is -2.19. The largest absolute Gasteiger partial charge is 0.481 e. The minimum Gasteiger partial charge on any atom is -0.481 e. The molecule has 23 heavy (non-hydrogen) atoms. The van der Waals surface area contributed by atoms with Gasteiger partial charge in [-0.3, -0.25) is 9.59 Å². The number of hydrogen-bond acceptors (Lipinski definition) is 3. The molecule has 0 saturated heterocycles. The van der Waals surface area contributed by atoms with Crippen molar-refractivity contribution in [1.29, 1.82) is 0 Å². The summed E-state index contributed by atoms with van der Waals surface area (Å²) in [6.07, 6.45) is 1.51. The number of nitrogens with zero attached hydrogens (tertiary/aromatic N) is 3. The second-order valence-electron chi connectivity index (χ2n) is 5.46. The van der Waals surface area contributed by atoms with Crippen LogP contribution < -0.4 is 0 Å². The normalized spacial score (nSPS) is 12.0. The molecule has 1 amide bonds. The van der Waals surface area contributed by atoms with E-state index in [-0.39, 0.29) is 12.5 Å². The van der Waals surface area contributed by atoms with Crippen LogP contribution in [0.25, 0.3) is 5.69 Å². The van der Waals surface area contributed by atoms with E-state index in [0.717, 1.165) is 10.2 Å². The zero-order chi connectivity index (χ0) is 17.1. The van der Waals surface area contributed by atoms with Gasteiger partial charge >= 0.3 is 5.97 Å². The van der Waals surface area contributed by atoms with Gasteiger partial charge in [0.05, 0.1) is 29.1 Å². The van der Waals surface area contributed by atoms with Crippen LogP contribution in [0.2, 0.25) is 0 Å². The predicted octanol–water partition coefficient (Wildman–Crippen LogP) is 2.74. The van der Waals surface area contributed by atoms with E-state index in [2.05, 4.69) is 21.0 Å². The monoisotopic (exact) mass is 379 g/mol. The summed E-state index contributed by atoms with van der Waals surface area (Å²) in [5.74, 6) is -1.78. The molecule has 6 nitrogen and oxygen atoms in total. The van der Waals surface area contributed by atoms with E-state index in [0.29, 0.717) is 11.3 Å². The lowest BCUT2D eigenvalue weighted by atomic mass is 10.1. The summed E-state index contributed by atoms with van der Waals surface area (Å²) >= 11 is 3.41. The lowest BCUT2D eigenvalue weighted by molar-refractivity contribution is -0.141. The highest BCUT2D eigenvalue weighted by atomic mass is 79.9. The van der Waals surface area contributed by atoms with Gasteiger partial charge in [-0.05, 0) is 25.1 Å². The molecule has 2 rings (SSSR count). The van der Waals surface area contributed by atoms with Crippen molar-refractivity contribution in [3.05, 3.63) is 46.2 Å². The minimum absolute atomic E-state index is 0.148. The summed E-state index contributed by atoms with van der Waals surface area (Å²) in [5.41, 5.74) is 2.02. The number of hydrogen-bond donors (Lipinski definition) is 1. The molecular formula is C16H18BrN3O3. The molecular weight excluding hydrogens is 362 g/mol. The van der Waals surface area contributed by atoms with Crippen LogP contribution >= 0.6 is 15.9 Å². The lowest BCUT2D eigenvalue weighted by Crippen LogP contribution is -2.33. The highest BCUT2D eigenvalue weighted by Crippen LogP contribution is 2.19. The molecule has 2 aromatic rings. The first-order valence-corrected chi connectivity index (χ1v) is 7.89. The average Bonchev–Trinajstić information content (AvgIpc) is 2.87. The molecule has 0 aliphatic rings. The smallest absolute Gasteiger partial charge is 0.308 e. The van der Waals surface area contributed by atoms with Gasteiger partial charge in [-0.1, -0.05) is 28.9 Å². The van der Waals surface area contributed by atoms with E-state index in [4.69, 9.17) is 5.11 Å². The summed E-state index contributed by atoms with van der Waals surface area (Å²) in [4.78, 5) is 24.8. The van der Waals surface area contributed by atoms with Gasteiger partial charge in [0.15, 0.2) is 0 Å². The Hall–Kier alpha value is -2.15. The van der Waals surface area contributed by atoms with Gasteiger partial charge in [0.2, 0.25) is 0 Å². The average molecular weight is 380 g/mol. The molecule has 0 fully saturated rings. The number of rotatable bonds is 5. The topological polar surface area (TPSA) is 75.4 Å². The van der Waals surface area contributed by atoms with Crippen molar-refractivity contribution in [3.8, 4) is 5.69 Å². The number of amides is 1. The number of benzene rings is 1. The van der Waals surface area contributed by atoms with Crippen molar-refractivity contribution in [1.82, 2.24) is 14.7 Å². The van der Waals surface area contributed by atoms with Crippen LogP contribution in [0, 0.1) is 12.8 Å². The van der Waals surface area contributed by atoms with E-state index >= 15 is 0 Å². The minimum atomic E-state index is -0.925. The maximum absolute atomic E-state index is 12.5. The molecule has 1 atom stereocenters. The fourth-order valence-corrected chi connectivity index (χ4v) is 2.65. The van der Waals surface area contributed by atoms with Crippen molar-refractivity contribution in [3.63, 3.8) is 0 Å². The summed E-state index contributed by atoms with van der Waals surface area (Å²) in [6, 6.07) is 7.61. The Morgan fingerprint density at radius 3 is 2.74 bits per heavy atom. The number of aliphatic carboxylic acids is 1. The third-order valence-electron chi connectivity index (χ3n) is 3.61. The molecule has 1 aromatic heterocycles. The van der Waals surface area contributed by atoms with Gasteiger partial charge in [-0.15, -0.1) is 0 Å². The summed E-state index contributed by atoms with van der Waals surface area (Å²) < 4.78 is 2.61. The second kappa shape index (κ2) is 6.95. The zero-order valence-electron chi connectivity index (χ0n) is 13.2. The molecule has 1 aromatic carbocycles. The highest BCUT2D eigenvalue weighted by Gasteiger charge is 2.22. The highest BCUT2D eigenvalue weighted by molar-refractivity contribution is 9.10. The fourth-order valence-electron chi connectivity index (χ4n) is 2.27. The van der Waals surface area contributed by atoms with Gasteiger partial charge in [-0.25, -0.2) is 4.68 Å². The molecule has 7 heteroatoms. The fraction of sp³-hybridized carbons (Fsp3) is 0.312. The maximum Gasteiger partial charge on any atom is 0.308 e. The number of halogens is 1. The van der Waals surface area contributed by atoms with Crippen LogP contribution in [0.15, 0.2) is 34.9 Å². The molecule has 1 N–H and O–H groups in total. The van der Waals surface area contributed by atoms with Crippen molar-refractivity contribution in [2.45, 2.75) is 13.8 Å². The third-order valence-corrected chi connectivity index (χ3v) is 4.10. The Morgan fingerprint density at radius 1 is 1.43 bits per heavy atom. The SMILES string of the molecule is Cc1c(C(=O)N(C)CC(C)C(=O)O)cnn1-c1cccc(Br)c1. The van der Waals surface area contributed by atoms with E-state index in [1.807, 2.05) is 31.2 Å². The van der Waals surface area contributed by atoms with Crippen LogP contribution in [-0.4, -0.2) is 45.3 Å². The van der Waals surface area contributed by atoms with Crippen molar-refractivity contribution < 1.29 is 14.7 Å². The molecule has 0 saturated carbocycles. The van der Waals surface area contributed by atoms with Gasteiger partial charge in [0, 0.05) is 18.1 Å². The summed E-state index contributed by atoms with van der Waals surface area (Å²) in [6.45, 7) is 3.54. The number of carbonyl (C=O) groups excluding carboxylic acids is 1. The number of carboxylic acid groups (broad SMARTS) is 1. The van der Waals surface area contributed by atoms with Crippen molar-refractivity contribution in [2.75, 3.05) is 13.6 Å². The quantitative estimate of drug-likeness (QED) is 0.866. The Labute approximate surface area is 142 Å². The Bertz CT molecular complexity index is 742. The van der Waals surface area contributed by atoms with Gasteiger partial charge in [-0.2, -0.15) is 5.10 Å². The van der Waals surface area contributed by atoms with Crippen LogP contribution in [-0.2, 0) is 4.79 Å². The van der Waals surface area contributed by atoms with Crippen molar-refractivity contribution >= 4 is 27.8 Å². The molecule has 1 heterocycles. The van der Waals surface area contributed by atoms with Crippen LogP contribution in [0.4, 0.5) is 0 Å². The summed E-state index contributed by atoms with van der Waals surface area (Å²) in [5, 5.41) is 13.2. The Morgan fingerprint density at radius 2 is 2.13 bits per heavy atom. The van der Waals surface area contributed by atoms with Crippen molar-refractivity contribution in [2.24, 2.45) is 5.92 Å². The Balaban J connectivity index is 2.25. The van der Waals surface area contributed by atoms with Gasteiger partial charge in [0.1, 0.15) is 0 Å². The van der Waals surface area contributed by atoms with Crippen LogP contribution in [0.1, 0.15) is 23.0 Å². The Kier molecular flexibility index (Phi) is 5.20. The standard InChI is InChI=1S/C16H18BrN3O3/c1-10(16(22)23)9-19(3)15(21)14-8-18-20(11(14)2)13-6-4-5-12(17)7-13/h4-8,10H,9H2,1-3H3,(H,22,23). The van der Waals surface area contributed by atoms with E-state index in [1.54, 1.807) is 18.7 Å². The van der Waals surface area contributed by atoms with E-state index < -0.39 is 11.9 Å². The third kappa shape index (κ3) is 3.79. The van der Waals surface area contributed by atoms with E-state index in [1.165, 1.54) is 11.1 Å². The molecule has 0 radical (unpaired) electrons. The molecule has 1 unspecified atom stereocenters. The molecule has 0 spiro atoms. The first-order valence-electron chi connectivity index (χ1n) is 7.10. The summed E-state index contributed by atoms with van der Waals surface area (Å²) in [7, 11) is 1.59. The molecule has 122 valence electrons. The zero-order valence-corrected chi connectivity index (χ0v) is 14.7. The van der Waals surface area contributed by atoms with Gasteiger partial charge < -0.3 is 10.0 Å². The number of carbonyl (C=O) groups is 2. The number of aromatic nitrogens is 2. The second-order valence-corrected chi connectivity index (χ2v) is 6.38. The first-order chi connectivity index (χ1) is 10.8.